The molecule has 1 fully saturated rings. The number of esters is 1. The Kier molecular flexibility index (Phi) is 4.90. The fraction of sp³-hybridized carbons (Fsp3) is 0.692. The largest absolute Gasteiger partial charge is 0.464 e. The fourth-order valence-electron chi connectivity index (χ4n) is 2.10. The molecule has 5 nitrogen and oxygen atoms in total. The predicted octanol–water partition coefficient (Wildman–Crippen LogP) is 1.69. The highest BCUT2D eigenvalue weighted by Gasteiger charge is 2.39. The van der Waals surface area contributed by atoms with E-state index in [9.17, 15) is 4.79 Å². The summed E-state index contributed by atoms with van der Waals surface area (Å²) in [6.45, 7) is 5.43. The molecule has 0 saturated carbocycles. The molecule has 1 aromatic heterocycles. The van der Waals surface area contributed by atoms with E-state index in [0.29, 0.717) is 13.2 Å². The van der Waals surface area contributed by atoms with Gasteiger partial charge in [0.05, 0.1) is 12.7 Å². The van der Waals surface area contributed by atoms with Gasteiger partial charge in [-0.05, 0) is 26.7 Å². The molecule has 2 heterocycles. The molecular formula is C13H20N2O3S. The van der Waals surface area contributed by atoms with Crippen molar-refractivity contribution in [2.75, 3.05) is 19.8 Å². The lowest BCUT2D eigenvalue weighted by Gasteiger charge is -2.27. The molecule has 19 heavy (non-hydrogen) atoms. The molecule has 1 aliphatic heterocycles. The van der Waals surface area contributed by atoms with Gasteiger partial charge in [0, 0.05) is 24.7 Å². The van der Waals surface area contributed by atoms with Crippen molar-refractivity contribution in [3.63, 3.8) is 0 Å². The Labute approximate surface area is 117 Å². The molecule has 1 aromatic rings. The highest BCUT2D eigenvalue weighted by molar-refractivity contribution is 7.09. The number of hydrogen-bond acceptors (Lipinski definition) is 6. The molecule has 0 radical (unpaired) electrons. The molecule has 0 amide bonds. The van der Waals surface area contributed by atoms with Gasteiger partial charge in [-0.3, -0.25) is 5.32 Å². The zero-order valence-corrected chi connectivity index (χ0v) is 12.2. The maximum atomic E-state index is 12.2. The van der Waals surface area contributed by atoms with Crippen molar-refractivity contribution in [3.05, 3.63) is 16.6 Å². The smallest absolute Gasteiger partial charge is 0.333 e. The third-order valence-corrected chi connectivity index (χ3v) is 4.25. The topological polar surface area (TPSA) is 60.5 Å². The van der Waals surface area contributed by atoms with E-state index in [0.717, 1.165) is 24.5 Å². The zero-order chi connectivity index (χ0) is 13.7. The standard InChI is InChI=1S/C13H20N2O3S/c1-3-17-12(16)13(2,11-14-6-8-19-11)15-9-10-5-4-7-18-10/h6,8,10,15H,3-5,7,9H2,1-2H3. The number of thiazole rings is 1. The van der Waals surface area contributed by atoms with Crippen molar-refractivity contribution in [2.24, 2.45) is 0 Å². The van der Waals surface area contributed by atoms with Crippen LogP contribution in [-0.2, 0) is 19.8 Å². The zero-order valence-electron chi connectivity index (χ0n) is 11.3. The van der Waals surface area contributed by atoms with E-state index < -0.39 is 5.54 Å². The average molecular weight is 284 g/mol. The molecular weight excluding hydrogens is 264 g/mol. The first-order valence-corrected chi connectivity index (χ1v) is 7.48. The molecule has 1 saturated heterocycles. The second kappa shape index (κ2) is 6.45. The van der Waals surface area contributed by atoms with Crippen LogP contribution in [0.5, 0.6) is 0 Å². The average Bonchev–Trinajstić information content (AvgIpc) is 3.09. The third kappa shape index (κ3) is 3.32. The second-order valence-electron chi connectivity index (χ2n) is 4.70. The lowest BCUT2D eigenvalue weighted by Crippen LogP contribution is -2.50. The van der Waals surface area contributed by atoms with E-state index in [1.807, 2.05) is 12.3 Å². The van der Waals surface area contributed by atoms with Crippen LogP contribution in [-0.4, -0.2) is 36.8 Å². The van der Waals surface area contributed by atoms with Crippen LogP contribution in [0.15, 0.2) is 11.6 Å². The molecule has 2 atom stereocenters. The number of carbonyl (C=O) groups excluding carboxylic acids is 1. The number of nitrogens with zero attached hydrogens (tertiary/aromatic N) is 1. The number of aromatic nitrogens is 1. The van der Waals surface area contributed by atoms with Crippen molar-refractivity contribution >= 4 is 17.3 Å². The number of hydrogen-bond donors (Lipinski definition) is 1. The van der Waals surface area contributed by atoms with Crippen LogP contribution in [0.3, 0.4) is 0 Å². The van der Waals surface area contributed by atoms with Gasteiger partial charge in [0.15, 0.2) is 5.54 Å². The van der Waals surface area contributed by atoms with Gasteiger partial charge in [0.1, 0.15) is 5.01 Å². The minimum absolute atomic E-state index is 0.175. The van der Waals surface area contributed by atoms with Crippen LogP contribution in [0.1, 0.15) is 31.7 Å². The Morgan fingerprint density at radius 1 is 1.74 bits per heavy atom. The van der Waals surface area contributed by atoms with Gasteiger partial charge in [-0.25, -0.2) is 9.78 Å². The summed E-state index contributed by atoms with van der Waals surface area (Å²) in [4.78, 5) is 16.5. The van der Waals surface area contributed by atoms with Gasteiger partial charge in [0.2, 0.25) is 0 Å². The van der Waals surface area contributed by atoms with Gasteiger partial charge in [-0.1, -0.05) is 0 Å². The first-order valence-electron chi connectivity index (χ1n) is 6.60. The molecule has 106 valence electrons. The van der Waals surface area contributed by atoms with Gasteiger partial charge in [0.25, 0.3) is 0 Å². The van der Waals surface area contributed by atoms with Crippen LogP contribution >= 0.6 is 11.3 Å². The van der Waals surface area contributed by atoms with Crippen LogP contribution in [0, 0.1) is 0 Å². The van der Waals surface area contributed by atoms with Crippen LogP contribution < -0.4 is 5.32 Å². The Morgan fingerprint density at radius 3 is 3.16 bits per heavy atom. The first-order chi connectivity index (χ1) is 9.16. The molecule has 1 aliphatic rings. The maximum absolute atomic E-state index is 12.2. The van der Waals surface area contributed by atoms with Crippen molar-refractivity contribution in [2.45, 2.75) is 38.3 Å². The summed E-state index contributed by atoms with van der Waals surface area (Å²) in [6.07, 6.45) is 3.99. The highest BCUT2D eigenvalue weighted by atomic mass is 32.1. The van der Waals surface area contributed by atoms with Gasteiger partial charge in [-0.15, -0.1) is 11.3 Å². The quantitative estimate of drug-likeness (QED) is 0.806. The van der Waals surface area contributed by atoms with E-state index >= 15 is 0 Å². The van der Waals surface area contributed by atoms with Crippen LogP contribution in [0.4, 0.5) is 0 Å². The normalized spacial score (nSPS) is 22.1. The number of nitrogens with one attached hydrogen (secondary N) is 1. The summed E-state index contributed by atoms with van der Waals surface area (Å²) in [7, 11) is 0. The second-order valence-corrected chi connectivity index (χ2v) is 5.59. The fourth-order valence-corrected chi connectivity index (χ4v) is 2.87. The SMILES string of the molecule is CCOC(=O)C(C)(NCC1CCCO1)c1nccs1. The number of rotatable bonds is 6. The third-order valence-electron chi connectivity index (χ3n) is 3.25. The molecule has 1 N–H and O–H groups in total. The summed E-state index contributed by atoms with van der Waals surface area (Å²) in [5.74, 6) is -0.289. The number of carbonyl (C=O) groups is 1. The predicted molar refractivity (Wildman–Crippen MR) is 73.1 cm³/mol. The van der Waals surface area contributed by atoms with E-state index in [1.54, 1.807) is 13.1 Å². The van der Waals surface area contributed by atoms with E-state index in [1.165, 1.54) is 11.3 Å². The minimum Gasteiger partial charge on any atom is -0.464 e. The molecule has 2 rings (SSSR count). The Hall–Kier alpha value is -0.980. The summed E-state index contributed by atoms with van der Waals surface area (Å²) in [5, 5.41) is 5.86. The molecule has 2 unspecified atom stereocenters. The summed E-state index contributed by atoms with van der Waals surface area (Å²) >= 11 is 1.45. The van der Waals surface area contributed by atoms with Crippen molar-refractivity contribution in [1.82, 2.24) is 10.3 Å². The van der Waals surface area contributed by atoms with Crippen LogP contribution in [0.25, 0.3) is 0 Å². The number of ether oxygens (including phenoxy) is 2. The van der Waals surface area contributed by atoms with Crippen molar-refractivity contribution in [3.8, 4) is 0 Å². The molecule has 0 bridgehead atoms. The maximum Gasteiger partial charge on any atom is 0.333 e. The van der Waals surface area contributed by atoms with Gasteiger partial charge in [-0.2, -0.15) is 0 Å². The monoisotopic (exact) mass is 284 g/mol. The molecule has 0 aliphatic carbocycles. The highest BCUT2D eigenvalue weighted by Crippen LogP contribution is 2.25. The van der Waals surface area contributed by atoms with E-state index in [2.05, 4.69) is 10.3 Å². The Bertz CT molecular complexity index is 404. The Morgan fingerprint density at radius 2 is 2.58 bits per heavy atom. The summed E-state index contributed by atoms with van der Waals surface area (Å²) in [6, 6.07) is 0. The Balaban J connectivity index is 2.07. The van der Waals surface area contributed by atoms with Crippen molar-refractivity contribution < 1.29 is 14.3 Å². The van der Waals surface area contributed by atoms with Crippen molar-refractivity contribution in [1.29, 1.82) is 0 Å². The lowest BCUT2D eigenvalue weighted by atomic mass is 10.0. The first kappa shape index (κ1) is 14.4. The van der Waals surface area contributed by atoms with E-state index in [-0.39, 0.29) is 12.1 Å². The lowest BCUT2D eigenvalue weighted by molar-refractivity contribution is -0.151. The van der Waals surface area contributed by atoms with Gasteiger partial charge < -0.3 is 9.47 Å². The minimum atomic E-state index is -0.893. The molecule has 0 aromatic carbocycles. The van der Waals surface area contributed by atoms with E-state index in [4.69, 9.17) is 9.47 Å². The molecule has 0 spiro atoms. The van der Waals surface area contributed by atoms with Crippen LogP contribution in [0.2, 0.25) is 0 Å². The molecule has 6 heteroatoms. The summed E-state index contributed by atoms with van der Waals surface area (Å²) < 4.78 is 10.7. The summed E-state index contributed by atoms with van der Waals surface area (Å²) in [5.41, 5.74) is -0.893. The van der Waals surface area contributed by atoms with Gasteiger partial charge >= 0.3 is 5.97 Å².